The van der Waals surface area contributed by atoms with Crippen molar-refractivity contribution in [2.75, 3.05) is 6.61 Å². The molecular weight excluding hydrogens is 543 g/mol. The van der Waals surface area contributed by atoms with Crippen LogP contribution in [0.25, 0.3) is 6.08 Å². The molecule has 1 saturated heterocycles. The molecule has 1 aliphatic heterocycles. The van der Waals surface area contributed by atoms with Gasteiger partial charge in [-0.25, -0.2) is 9.38 Å². The van der Waals surface area contributed by atoms with E-state index in [4.69, 9.17) is 21.1 Å². The standard InChI is InChI=1S/C25H19BrClFN2O3S/c1-2-32-21-12-16(11-20(27)23(21)33-14-15-3-5-17(26)6-4-15)13-22-24(31)30-25(34-22)29-19-9-7-18(28)8-10-19/h3-13H,2,14H2,1H3,(H,29,30,31)/b22-13+. The third-order valence-corrected chi connectivity index (χ3v) is 6.35. The number of ether oxygens (including phenoxy) is 2. The van der Waals surface area contributed by atoms with E-state index in [1.807, 2.05) is 31.2 Å². The first-order valence-electron chi connectivity index (χ1n) is 10.3. The molecule has 1 aliphatic rings. The number of amidine groups is 1. The van der Waals surface area contributed by atoms with Gasteiger partial charge in [-0.3, -0.25) is 4.79 Å². The Morgan fingerprint density at radius 1 is 1.12 bits per heavy atom. The maximum Gasteiger partial charge on any atom is 0.264 e. The minimum Gasteiger partial charge on any atom is -0.490 e. The Hall–Kier alpha value is -2.81. The lowest BCUT2D eigenvalue weighted by Gasteiger charge is -2.15. The van der Waals surface area contributed by atoms with Gasteiger partial charge in [0.15, 0.2) is 16.7 Å². The van der Waals surface area contributed by atoms with Crippen LogP contribution in [0.15, 0.2) is 75.0 Å². The van der Waals surface area contributed by atoms with E-state index in [-0.39, 0.29) is 11.7 Å². The van der Waals surface area contributed by atoms with Crippen molar-refractivity contribution in [3.8, 4) is 11.5 Å². The van der Waals surface area contributed by atoms with Crippen molar-refractivity contribution in [2.45, 2.75) is 13.5 Å². The second kappa shape index (κ2) is 11.1. The third kappa shape index (κ3) is 6.20. The van der Waals surface area contributed by atoms with E-state index in [9.17, 15) is 9.18 Å². The first-order chi connectivity index (χ1) is 16.4. The summed E-state index contributed by atoms with van der Waals surface area (Å²) in [5.74, 6) is 0.299. The number of carbonyl (C=O) groups is 1. The summed E-state index contributed by atoms with van der Waals surface area (Å²) in [6, 6.07) is 17.0. The zero-order chi connectivity index (χ0) is 24.1. The van der Waals surface area contributed by atoms with E-state index in [2.05, 4.69) is 26.2 Å². The molecular formula is C25H19BrClFN2O3S. The molecule has 1 fully saturated rings. The van der Waals surface area contributed by atoms with Gasteiger partial charge in [0.1, 0.15) is 12.4 Å². The SMILES string of the molecule is CCOc1cc(/C=C2/SC(=Nc3ccc(F)cc3)NC2=O)cc(Cl)c1OCc1ccc(Br)cc1. The highest BCUT2D eigenvalue weighted by Crippen LogP contribution is 2.39. The number of benzene rings is 3. The molecule has 1 N–H and O–H groups in total. The highest BCUT2D eigenvalue weighted by atomic mass is 79.9. The Morgan fingerprint density at radius 2 is 1.85 bits per heavy atom. The minimum atomic E-state index is -0.348. The number of aliphatic imine (C=N–C) groups is 1. The molecule has 0 bridgehead atoms. The van der Waals surface area contributed by atoms with E-state index < -0.39 is 0 Å². The second-order valence-electron chi connectivity index (χ2n) is 7.14. The maximum absolute atomic E-state index is 13.1. The summed E-state index contributed by atoms with van der Waals surface area (Å²) in [6.07, 6.45) is 1.71. The zero-order valence-corrected chi connectivity index (χ0v) is 21.1. The fourth-order valence-corrected chi connectivity index (χ4v) is 4.46. The molecule has 1 heterocycles. The molecule has 34 heavy (non-hydrogen) atoms. The lowest BCUT2D eigenvalue weighted by Crippen LogP contribution is -2.19. The van der Waals surface area contributed by atoms with Crippen LogP contribution in [0, 0.1) is 5.82 Å². The molecule has 0 unspecified atom stereocenters. The minimum absolute atomic E-state index is 0.282. The number of hydrogen-bond donors (Lipinski definition) is 1. The lowest BCUT2D eigenvalue weighted by atomic mass is 10.1. The van der Waals surface area contributed by atoms with Crippen LogP contribution in [0.4, 0.5) is 10.1 Å². The molecule has 1 amide bonds. The molecule has 0 radical (unpaired) electrons. The summed E-state index contributed by atoms with van der Waals surface area (Å²) >= 11 is 11.1. The quantitative estimate of drug-likeness (QED) is 0.312. The van der Waals surface area contributed by atoms with Gasteiger partial charge >= 0.3 is 0 Å². The monoisotopic (exact) mass is 560 g/mol. The van der Waals surface area contributed by atoms with Gasteiger partial charge in [0, 0.05) is 4.47 Å². The van der Waals surface area contributed by atoms with Crippen LogP contribution in [-0.2, 0) is 11.4 Å². The van der Waals surface area contributed by atoms with Crippen molar-refractivity contribution in [1.82, 2.24) is 5.32 Å². The van der Waals surface area contributed by atoms with Crippen LogP contribution >= 0.6 is 39.3 Å². The average molecular weight is 562 g/mol. The first kappa shape index (κ1) is 24.3. The van der Waals surface area contributed by atoms with Gasteiger partial charge in [-0.1, -0.05) is 39.7 Å². The van der Waals surface area contributed by atoms with Gasteiger partial charge in [0.2, 0.25) is 0 Å². The summed E-state index contributed by atoms with van der Waals surface area (Å²) in [6.45, 7) is 2.62. The lowest BCUT2D eigenvalue weighted by molar-refractivity contribution is -0.115. The van der Waals surface area contributed by atoms with Crippen LogP contribution in [0.2, 0.25) is 5.02 Å². The molecule has 174 valence electrons. The average Bonchev–Trinajstić information content (AvgIpc) is 3.14. The Balaban J connectivity index is 1.54. The van der Waals surface area contributed by atoms with E-state index >= 15 is 0 Å². The molecule has 0 spiro atoms. The summed E-state index contributed by atoms with van der Waals surface area (Å²) in [7, 11) is 0. The van der Waals surface area contributed by atoms with E-state index in [1.54, 1.807) is 18.2 Å². The highest BCUT2D eigenvalue weighted by molar-refractivity contribution is 9.10. The highest BCUT2D eigenvalue weighted by Gasteiger charge is 2.24. The van der Waals surface area contributed by atoms with Crippen LogP contribution in [0.1, 0.15) is 18.1 Å². The predicted molar refractivity (Wildman–Crippen MR) is 138 cm³/mol. The Kier molecular flexibility index (Phi) is 7.92. The molecule has 0 aliphatic carbocycles. The predicted octanol–water partition coefficient (Wildman–Crippen LogP) is 7.11. The summed E-state index contributed by atoms with van der Waals surface area (Å²) in [4.78, 5) is 17.2. The summed E-state index contributed by atoms with van der Waals surface area (Å²) in [5.41, 5.74) is 2.21. The number of thioether (sulfide) groups is 1. The molecule has 4 rings (SSSR count). The zero-order valence-electron chi connectivity index (χ0n) is 18.0. The third-order valence-electron chi connectivity index (χ3n) is 4.63. The fraction of sp³-hybridized carbons (Fsp3) is 0.120. The van der Waals surface area contributed by atoms with Gasteiger partial charge in [-0.15, -0.1) is 0 Å². The van der Waals surface area contributed by atoms with Gasteiger partial charge < -0.3 is 14.8 Å². The van der Waals surface area contributed by atoms with Crippen molar-refractivity contribution < 1.29 is 18.7 Å². The molecule has 0 aromatic heterocycles. The molecule has 5 nitrogen and oxygen atoms in total. The fourth-order valence-electron chi connectivity index (χ4n) is 3.08. The smallest absolute Gasteiger partial charge is 0.264 e. The Morgan fingerprint density at radius 3 is 2.56 bits per heavy atom. The maximum atomic E-state index is 13.1. The van der Waals surface area contributed by atoms with Crippen molar-refractivity contribution in [1.29, 1.82) is 0 Å². The van der Waals surface area contributed by atoms with Crippen molar-refractivity contribution in [3.05, 3.63) is 92.0 Å². The van der Waals surface area contributed by atoms with Gasteiger partial charge in [-0.2, -0.15) is 0 Å². The largest absolute Gasteiger partial charge is 0.490 e. The van der Waals surface area contributed by atoms with E-state index in [1.165, 1.54) is 36.0 Å². The van der Waals surface area contributed by atoms with Gasteiger partial charge in [0.05, 0.1) is 22.2 Å². The first-order valence-corrected chi connectivity index (χ1v) is 12.3. The Labute approximate surface area is 214 Å². The number of nitrogens with one attached hydrogen (secondary N) is 1. The van der Waals surface area contributed by atoms with Crippen molar-refractivity contribution >= 4 is 62.1 Å². The molecule has 9 heteroatoms. The number of halogens is 3. The summed E-state index contributed by atoms with van der Waals surface area (Å²) < 4.78 is 25.8. The molecule has 3 aromatic rings. The van der Waals surface area contributed by atoms with Crippen LogP contribution < -0.4 is 14.8 Å². The normalized spacial score (nSPS) is 15.6. The number of carbonyl (C=O) groups excluding carboxylic acids is 1. The van der Waals surface area contributed by atoms with E-state index in [0.717, 1.165) is 10.0 Å². The van der Waals surface area contributed by atoms with Crippen molar-refractivity contribution in [2.24, 2.45) is 4.99 Å². The van der Waals surface area contributed by atoms with Crippen LogP contribution in [0.5, 0.6) is 11.5 Å². The molecule has 0 saturated carbocycles. The number of hydrogen-bond acceptors (Lipinski definition) is 5. The molecule has 0 atom stereocenters. The molecule has 3 aromatic carbocycles. The topological polar surface area (TPSA) is 59.9 Å². The van der Waals surface area contributed by atoms with Gasteiger partial charge in [0.25, 0.3) is 5.91 Å². The second-order valence-corrected chi connectivity index (χ2v) is 9.49. The van der Waals surface area contributed by atoms with Crippen LogP contribution in [-0.4, -0.2) is 17.7 Å². The van der Waals surface area contributed by atoms with Crippen molar-refractivity contribution in [3.63, 3.8) is 0 Å². The van der Waals surface area contributed by atoms with Crippen LogP contribution in [0.3, 0.4) is 0 Å². The number of nitrogens with zero attached hydrogens (tertiary/aromatic N) is 1. The Bertz CT molecular complexity index is 1260. The van der Waals surface area contributed by atoms with E-state index in [0.29, 0.717) is 51.1 Å². The summed E-state index contributed by atoms with van der Waals surface area (Å²) in [5, 5.41) is 3.50. The van der Waals surface area contributed by atoms with Gasteiger partial charge in [-0.05, 0) is 84.4 Å². The number of rotatable bonds is 7. The number of amides is 1.